The van der Waals surface area contributed by atoms with Gasteiger partial charge in [0.15, 0.2) is 0 Å². The van der Waals surface area contributed by atoms with Gasteiger partial charge in [-0.15, -0.1) is 0 Å². The van der Waals surface area contributed by atoms with Gasteiger partial charge in [0.1, 0.15) is 0 Å². The number of hydrogen-bond acceptors (Lipinski definition) is 1. The first-order valence-electron chi connectivity index (χ1n) is 14.1. The smallest absolute Gasteiger partial charge is 0.0991 e. The lowest BCUT2D eigenvalue weighted by molar-refractivity contribution is 1.13. The quantitative estimate of drug-likeness (QED) is 0.221. The van der Waals surface area contributed by atoms with Crippen molar-refractivity contribution in [3.8, 4) is 39.7 Å². The number of para-hydroxylation sites is 1. The van der Waals surface area contributed by atoms with Crippen LogP contribution in [0.25, 0.3) is 66.3 Å². The Morgan fingerprint density at radius 1 is 0.452 bits per heavy atom. The summed E-state index contributed by atoms with van der Waals surface area (Å²) in [5, 5.41) is 12.9. The molecular formula is C39H25N3. The SMILES string of the molecule is N#Cc1ccc(-c2cccc(-n3c4ccc(-c5ccccc5)cc4c4ccc5c(ccn5-c5ccccc5)c43)c2)cc1. The van der Waals surface area contributed by atoms with Crippen molar-refractivity contribution in [1.29, 1.82) is 5.26 Å². The summed E-state index contributed by atoms with van der Waals surface area (Å²) in [7, 11) is 0. The lowest BCUT2D eigenvalue weighted by Crippen LogP contribution is -1.95. The van der Waals surface area contributed by atoms with Gasteiger partial charge in [0.05, 0.1) is 28.2 Å². The first-order valence-corrected chi connectivity index (χ1v) is 14.1. The predicted octanol–water partition coefficient (Wildman–Crippen LogP) is 9.93. The molecule has 2 heterocycles. The average molecular weight is 536 g/mol. The van der Waals surface area contributed by atoms with E-state index >= 15 is 0 Å². The third-order valence-corrected chi connectivity index (χ3v) is 8.19. The number of benzene rings is 6. The van der Waals surface area contributed by atoms with Gasteiger partial charge in [0, 0.05) is 33.7 Å². The zero-order chi connectivity index (χ0) is 28.0. The van der Waals surface area contributed by atoms with E-state index in [-0.39, 0.29) is 0 Å². The average Bonchev–Trinajstić information content (AvgIpc) is 3.65. The third kappa shape index (κ3) is 3.82. The molecule has 2 aromatic heterocycles. The molecule has 0 fully saturated rings. The van der Waals surface area contributed by atoms with Crippen molar-refractivity contribution in [3.05, 3.63) is 157 Å². The molecule has 3 heteroatoms. The Bertz CT molecular complexity index is 2280. The van der Waals surface area contributed by atoms with Crippen LogP contribution in [-0.4, -0.2) is 9.13 Å². The van der Waals surface area contributed by atoms with Crippen LogP contribution < -0.4 is 0 Å². The lowest BCUT2D eigenvalue weighted by Gasteiger charge is -2.12. The maximum absolute atomic E-state index is 9.27. The second-order valence-electron chi connectivity index (χ2n) is 10.6. The van der Waals surface area contributed by atoms with Gasteiger partial charge in [-0.05, 0) is 82.9 Å². The molecular weight excluding hydrogens is 510 g/mol. The molecule has 0 spiro atoms. The predicted molar refractivity (Wildman–Crippen MR) is 173 cm³/mol. The summed E-state index contributed by atoms with van der Waals surface area (Å²) in [4.78, 5) is 0. The van der Waals surface area contributed by atoms with Crippen molar-refractivity contribution in [3.63, 3.8) is 0 Å². The summed E-state index contributed by atoms with van der Waals surface area (Å²) in [5.41, 5.74) is 11.1. The maximum atomic E-state index is 9.27. The summed E-state index contributed by atoms with van der Waals surface area (Å²) in [5.74, 6) is 0. The van der Waals surface area contributed by atoms with E-state index in [1.807, 2.05) is 24.3 Å². The highest BCUT2D eigenvalue weighted by atomic mass is 15.0. The van der Waals surface area contributed by atoms with E-state index in [2.05, 4.69) is 143 Å². The van der Waals surface area contributed by atoms with Crippen LogP contribution >= 0.6 is 0 Å². The molecule has 0 radical (unpaired) electrons. The van der Waals surface area contributed by atoms with Gasteiger partial charge in [0.2, 0.25) is 0 Å². The van der Waals surface area contributed by atoms with Gasteiger partial charge in [-0.3, -0.25) is 0 Å². The number of hydrogen-bond donors (Lipinski definition) is 0. The van der Waals surface area contributed by atoms with Crippen LogP contribution in [-0.2, 0) is 0 Å². The van der Waals surface area contributed by atoms with Gasteiger partial charge in [-0.25, -0.2) is 0 Å². The van der Waals surface area contributed by atoms with Crippen molar-refractivity contribution in [2.45, 2.75) is 0 Å². The molecule has 3 nitrogen and oxygen atoms in total. The van der Waals surface area contributed by atoms with Gasteiger partial charge in [-0.2, -0.15) is 5.26 Å². The molecule has 196 valence electrons. The molecule has 8 rings (SSSR count). The fourth-order valence-corrected chi connectivity index (χ4v) is 6.18. The molecule has 6 aromatic carbocycles. The standard InChI is InChI=1S/C39H25N3/c40-26-27-14-16-29(17-15-27)30-10-7-13-33(24-30)42-38-20-18-31(28-8-3-1-4-9-28)25-36(38)34-19-21-37-35(39(34)42)22-23-41(37)32-11-5-2-6-12-32/h1-25H. The highest BCUT2D eigenvalue weighted by Crippen LogP contribution is 2.39. The second kappa shape index (κ2) is 9.66. The van der Waals surface area contributed by atoms with Gasteiger partial charge < -0.3 is 9.13 Å². The Hall–Kier alpha value is -5.85. The van der Waals surface area contributed by atoms with Crippen LogP contribution in [0.5, 0.6) is 0 Å². The van der Waals surface area contributed by atoms with Crippen LogP contribution in [0.1, 0.15) is 5.56 Å². The van der Waals surface area contributed by atoms with E-state index in [0.717, 1.165) is 22.5 Å². The molecule has 0 bridgehead atoms. The van der Waals surface area contributed by atoms with Crippen LogP contribution in [0.4, 0.5) is 0 Å². The van der Waals surface area contributed by atoms with Crippen molar-refractivity contribution in [1.82, 2.24) is 9.13 Å². The third-order valence-electron chi connectivity index (χ3n) is 8.19. The van der Waals surface area contributed by atoms with E-state index in [1.165, 1.54) is 43.8 Å². The zero-order valence-corrected chi connectivity index (χ0v) is 22.8. The second-order valence-corrected chi connectivity index (χ2v) is 10.6. The Labute approximate surface area is 243 Å². The first-order chi connectivity index (χ1) is 20.8. The Balaban J connectivity index is 1.42. The highest BCUT2D eigenvalue weighted by molar-refractivity contribution is 6.19. The largest absolute Gasteiger partial charge is 0.316 e. The fraction of sp³-hybridized carbons (Fsp3) is 0. The van der Waals surface area contributed by atoms with Crippen LogP contribution in [0.3, 0.4) is 0 Å². The van der Waals surface area contributed by atoms with E-state index in [0.29, 0.717) is 5.56 Å². The molecule has 8 aromatic rings. The minimum Gasteiger partial charge on any atom is -0.316 e. The Morgan fingerprint density at radius 2 is 1.10 bits per heavy atom. The topological polar surface area (TPSA) is 33.6 Å². The number of rotatable bonds is 4. The highest BCUT2D eigenvalue weighted by Gasteiger charge is 2.18. The Morgan fingerprint density at radius 3 is 1.88 bits per heavy atom. The van der Waals surface area contributed by atoms with Gasteiger partial charge in [-0.1, -0.05) is 84.9 Å². The number of nitriles is 1. The maximum Gasteiger partial charge on any atom is 0.0991 e. The van der Waals surface area contributed by atoms with Crippen molar-refractivity contribution in [2.75, 3.05) is 0 Å². The molecule has 42 heavy (non-hydrogen) atoms. The Kier molecular flexibility index (Phi) is 5.52. The van der Waals surface area contributed by atoms with E-state index in [4.69, 9.17) is 0 Å². The summed E-state index contributed by atoms with van der Waals surface area (Å²) >= 11 is 0. The van der Waals surface area contributed by atoms with E-state index in [1.54, 1.807) is 0 Å². The molecule has 0 aliphatic rings. The molecule has 0 N–H and O–H groups in total. The number of fused-ring (bicyclic) bond motifs is 5. The summed E-state index contributed by atoms with van der Waals surface area (Å²) in [6, 6.07) is 53.3. The number of nitrogens with zero attached hydrogens (tertiary/aromatic N) is 3. The summed E-state index contributed by atoms with van der Waals surface area (Å²) in [6.07, 6.45) is 2.17. The van der Waals surface area contributed by atoms with E-state index in [9.17, 15) is 5.26 Å². The summed E-state index contributed by atoms with van der Waals surface area (Å²) < 4.78 is 4.67. The molecule has 0 unspecified atom stereocenters. The molecule has 0 saturated carbocycles. The molecule has 0 aliphatic carbocycles. The first kappa shape index (κ1) is 24.0. The fourth-order valence-electron chi connectivity index (χ4n) is 6.18. The van der Waals surface area contributed by atoms with Crippen molar-refractivity contribution in [2.24, 2.45) is 0 Å². The molecule has 0 saturated heterocycles. The molecule has 0 amide bonds. The minimum absolute atomic E-state index is 0.664. The normalized spacial score (nSPS) is 11.3. The monoisotopic (exact) mass is 535 g/mol. The summed E-state index contributed by atoms with van der Waals surface area (Å²) in [6.45, 7) is 0. The minimum atomic E-state index is 0.664. The number of aromatic nitrogens is 2. The van der Waals surface area contributed by atoms with Crippen LogP contribution in [0.15, 0.2) is 152 Å². The zero-order valence-electron chi connectivity index (χ0n) is 22.8. The van der Waals surface area contributed by atoms with Crippen LogP contribution in [0, 0.1) is 11.3 Å². The molecule has 0 atom stereocenters. The molecule has 0 aliphatic heterocycles. The van der Waals surface area contributed by atoms with Crippen molar-refractivity contribution >= 4 is 32.7 Å². The van der Waals surface area contributed by atoms with Gasteiger partial charge in [0.25, 0.3) is 0 Å². The lowest BCUT2D eigenvalue weighted by atomic mass is 10.0. The van der Waals surface area contributed by atoms with Gasteiger partial charge >= 0.3 is 0 Å². The van der Waals surface area contributed by atoms with Crippen LogP contribution in [0.2, 0.25) is 0 Å². The van der Waals surface area contributed by atoms with E-state index < -0.39 is 0 Å². The van der Waals surface area contributed by atoms with Crippen molar-refractivity contribution < 1.29 is 0 Å².